The van der Waals surface area contributed by atoms with Gasteiger partial charge in [0, 0.05) is 19.4 Å². The molecule has 2 amide bonds. The van der Waals surface area contributed by atoms with Crippen molar-refractivity contribution in [3.8, 4) is 0 Å². The molecule has 1 aliphatic heterocycles. The first-order valence-electron chi connectivity index (χ1n) is 9.56. The van der Waals surface area contributed by atoms with Gasteiger partial charge in [0.05, 0.1) is 6.04 Å². The Hall–Kier alpha value is -2.70. The zero-order valence-electron chi connectivity index (χ0n) is 15.9. The predicted octanol–water partition coefficient (Wildman–Crippen LogP) is 3.09. The van der Waals surface area contributed by atoms with Crippen molar-refractivity contribution in [2.75, 3.05) is 11.9 Å². The van der Waals surface area contributed by atoms with E-state index >= 15 is 0 Å². The quantitative estimate of drug-likeness (QED) is 0.785. The molecule has 1 aromatic heterocycles. The van der Waals surface area contributed by atoms with Crippen LogP contribution in [0.5, 0.6) is 0 Å². The highest BCUT2D eigenvalue weighted by Crippen LogP contribution is 2.33. The molecule has 1 saturated heterocycles. The number of hydrogen-bond donors (Lipinski definition) is 2. The molecule has 0 saturated carbocycles. The third-order valence-corrected chi connectivity index (χ3v) is 4.81. The maximum absolute atomic E-state index is 12.5. The Kier molecular flexibility index (Phi) is 6.21. The average Bonchev–Trinajstić information content (AvgIpc) is 3.31. The molecule has 7 nitrogen and oxygen atoms in total. The normalized spacial score (nSPS) is 16.7. The number of hydrogen-bond acceptors (Lipinski definition) is 4. The van der Waals surface area contributed by atoms with Gasteiger partial charge in [-0.15, -0.1) is 0 Å². The molecule has 0 bridgehead atoms. The van der Waals surface area contributed by atoms with Gasteiger partial charge in [-0.05, 0) is 36.3 Å². The summed E-state index contributed by atoms with van der Waals surface area (Å²) in [4.78, 5) is 30.5. The van der Waals surface area contributed by atoms with E-state index < -0.39 is 0 Å². The third kappa shape index (κ3) is 5.15. The molecule has 2 heterocycles. The number of anilines is 1. The number of amides is 2. The van der Waals surface area contributed by atoms with Crippen LogP contribution in [0.1, 0.15) is 56.7 Å². The lowest BCUT2D eigenvalue weighted by molar-refractivity contribution is -0.132. The number of nitrogens with one attached hydrogen (secondary N) is 2. The van der Waals surface area contributed by atoms with Crippen LogP contribution in [0, 0.1) is 5.92 Å². The maximum Gasteiger partial charge on any atom is 0.227 e. The first kappa shape index (κ1) is 19.1. The van der Waals surface area contributed by atoms with Gasteiger partial charge in [0.1, 0.15) is 6.33 Å². The topological polar surface area (TPSA) is 91.0 Å². The lowest BCUT2D eigenvalue weighted by Crippen LogP contribution is -2.31. The zero-order chi connectivity index (χ0) is 19.2. The number of nitrogens with zero attached hydrogens (tertiary/aromatic N) is 3. The van der Waals surface area contributed by atoms with Gasteiger partial charge < -0.3 is 4.90 Å². The summed E-state index contributed by atoms with van der Waals surface area (Å²) in [7, 11) is 0. The fourth-order valence-corrected chi connectivity index (χ4v) is 3.55. The predicted molar refractivity (Wildman–Crippen MR) is 103 cm³/mol. The minimum absolute atomic E-state index is 0.105. The number of aromatic amines is 1. The Labute approximate surface area is 159 Å². The van der Waals surface area contributed by atoms with Crippen molar-refractivity contribution in [1.82, 2.24) is 20.1 Å². The van der Waals surface area contributed by atoms with E-state index in [0.29, 0.717) is 31.1 Å². The zero-order valence-corrected chi connectivity index (χ0v) is 15.9. The smallest absolute Gasteiger partial charge is 0.227 e. The van der Waals surface area contributed by atoms with Gasteiger partial charge in [-0.2, -0.15) is 10.1 Å². The highest BCUT2D eigenvalue weighted by Gasteiger charge is 2.30. The minimum Gasteiger partial charge on any atom is -0.336 e. The van der Waals surface area contributed by atoms with Crippen molar-refractivity contribution in [3.63, 3.8) is 0 Å². The molecule has 1 aliphatic rings. The number of likely N-dealkylation sites (tertiary alicyclic amines) is 1. The molecule has 3 rings (SSSR count). The molecule has 27 heavy (non-hydrogen) atoms. The number of aromatic nitrogens is 3. The number of H-pyrrole nitrogens is 1. The number of carbonyl (C=O) groups excluding carboxylic acids is 2. The summed E-state index contributed by atoms with van der Waals surface area (Å²) in [6.07, 6.45) is 4.99. The monoisotopic (exact) mass is 369 g/mol. The minimum atomic E-state index is -0.105. The lowest BCUT2D eigenvalue weighted by atomic mass is 9.99. The van der Waals surface area contributed by atoms with E-state index in [0.717, 1.165) is 30.5 Å². The molecule has 1 aromatic carbocycles. The Balaban J connectivity index is 1.61. The highest BCUT2D eigenvalue weighted by atomic mass is 16.2. The number of carbonyl (C=O) groups is 2. The van der Waals surface area contributed by atoms with Gasteiger partial charge in [0.25, 0.3) is 0 Å². The van der Waals surface area contributed by atoms with Gasteiger partial charge >= 0.3 is 0 Å². The van der Waals surface area contributed by atoms with E-state index in [-0.39, 0.29) is 17.9 Å². The van der Waals surface area contributed by atoms with Gasteiger partial charge in [0.15, 0.2) is 0 Å². The van der Waals surface area contributed by atoms with Gasteiger partial charge in [-0.25, -0.2) is 5.10 Å². The van der Waals surface area contributed by atoms with Crippen LogP contribution < -0.4 is 5.32 Å². The van der Waals surface area contributed by atoms with Crippen LogP contribution in [0.25, 0.3) is 0 Å². The summed E-state index contributed by atoms with van der Waals surface area (Å²) >= 11 is 0. The first-order chi connectivity index (χ1) is 13.0. The average molecular weight is 369 g/mol. The summed E-state index contributed by atoms with van der Waals surface area (Å²) in [5.41, 5.74) is 2.26. The lowest BCUT2D eigenvalue weighted by Gasteiger charge is -2.26. The summed E-state index contributed by atoms with van der Waals surface area (Å²) in [5, 5.41) is 9.00. The van der Waals surface area contributed by atoms with E-state index in [1.807, 2.05) is 17.0 Å². The second-order valence-electron chi connectivity index (χ2n) is 7.47. The van der Waals surface area contributed by atoms with Crippen molar-refractivity contribution in [3.05, 3.63) is 41.7 Å². The second kappa shape index (κ2) is 8.79. The first-order valence-corrected chi connectivity index (χ1v) is 9.56. The molecule has 0 aliphatic carbocycles. The van der Waals surface area contributed by atoms with E-state index in [9.17, 15) is 9.59 Å². The fraction of sp³-hybridized carbons (Fsp3) is 0.500. The fourth-order valence-electron chi connectivity index (χ4n) is 3.55. The van der Waals surface area contributed by atoms with Crippen molar-refractivity contribution < 1.29 is 9.59 Å². The standard InChI is InChI=1S/C20H27N5O2/c1-14(2)11-19(27)25-10-4-7-17(25)16-6-3-5-15(12-16)8-9-18(26)23-20-21-13-22-24-20/h3,5-6,12-14,17H,4,7-11H2,1-2H3,(H2,21,22,23,24,26). The molecular weight excluding hydrogens is 342 g/mol. The highest BCUT2D eigenvalue weighted by molar-refractivity contribution is 5.88. The largest absolute Gasteiger partial charge is 0.336 e. The molecular formula is C20H27N5O2. The molecule has 0 spiro atoms. The van der Waals surface area contributed by atoms with Gasteiger partial charge in [-0.1, -0.05) is 38.1 Å². The van der Waals surface area contributed by atoms with Crippen molar-refractivity contribution in [2.24, 2.45) is 5.92 Å². The van der Waals surface area contributed by atoms with E-state index in [1.54, 1.807) is 0 Å². The molecule has 1 fully saturated rings. The molecule has 1 atom stereocenters. The molecule has 144 valence electrons. The van der Waals surface area contributed by atoms with E-state index in [1.165, 1.54) is 6.33 Å². The van der Waals surface area contributed by atoms with Crippen LogP contribution in [0.15, 0.2) is 30.6 Å². The summed E-state index contributed by atoms with van der Waals surface area (Å²) < 4.78 is 0. The van der Waals surface area contributed by atoms with Crippen LogP contribution in [0.2, 0.25) is 0 Å². The molecule has 2 aromatic rings. The van der Waals surface area contributed by atoms with Crippen LogP contribution in [-0.2, 0) is 16.0 Å². The number of rotatable bonds is 7. The van der Waals surface area contributed by atoms with Gasteiger partial charge in [-0.3, -0.25) is 14.9 Å². The van der Waals surface area contributed by atoms with E-state index in [2.05, 4.69) is 46.5 Å². The van der Waals surface area contributed by atoms with Crippen LogP contribution in [0.3, 0.4) is 0 Å². The molecule has 2 N–H and O–H groups in total. The van der Waals surface area contributed by atoms with Crippen LogP contribution >= 0.6 is 0 Å². The van der Waals surface area contributed by atoms with E-state index in [4.69, 9.17) is 0 Å². The Morgan fingerprint density at radius 3 is 2.96 bits per heavy atom. The summed E-state index contributed by atoms with van der Waals surface area (Å²) in [5.74, 6) is 0.864. The molecule has 0 radical (unpaired) electrons. The molecule has 1 unspecified atom stereocenters. The van der Waals surface area contributed by atoms with Crippen LogP contribution in [0.4, 0.5) is 5.95 Å². The number of aryl methyl sites for hydroxylation is 1. The Morgan fingerprint density at radius 2 is 2.22 bits per heavy atom. The maximum atomic E-state index is 12.5. The second-order valence-corrected chi connectivity index (χ2v) is 7.47. The van der Waals surface area contributed by atoms with Crippen LogP contribution in [-0.4, -0.2) is 38.4 Å². The third-order valence-electron chi connectivity index (χ3n) is 4.81. The van der Waals surface area contributed by atoms with Crippen molar-refractivity contribution >= 4 is 17.8 Å². The van der Waals surface area contributed by atoms with Gasteiger partial charge in [0.2, 0.25) is 17.8 Å². The Morgan fingerprint density at radius 1 is 1.37 bits per heavy atom. The summed E-state index contributed by atoms with van der Waals surface area (Å²) in [6.45, 7) is 4.99. The summed E-state index contributed by atoms with van der Waals surface area (Å²) in [6, 6.07) is 8.42. The van der Waals surface area contributed by atoms with Crippen molar-refractivity contribution in [2.45, 2.75) is 52.0 Å². The Bertz CT molecular complexity index is 772. The molecule has 7 heteroatoms. The SMILES string of the molecule is CC(C)CC(=O)N1CCCC1c1cccc(CCC(=O)Nc2ncn[nH]2)c1. The van der Waals surface area contributed by atoms with Crippen molar-refractivity contribution in [1.29, 1.82) is 0 Å². The number of benzene rings is 1.